The normalized spacial score (nSPS) is 19.4. The molecule has 2 heterocycles. The van der Waals surface area contributed by atoms with Crippen molar-refractivity contribution in [3.8, 4) is 11.6 Å². The maximum absolute atomic E-state index is 13.7. The van der Waals surface area contributed by atoms with E-state index in [1.165, 1.54) is 0 Å². The molecule has 4 rings (SSSR count). The van der Waals surface area contributed by atoms with Gasteiger partial charge in [-0.3, -0.25) is 9.32 Å². The zero-order chi connectivity index (χ0) is 28.2. The summed E-state index contributed by atoms with van der Waals surface area (Å²) in [6, 6.07) is 7.64. The second kappa shape index (κ2) is 12.1. The first kappa shape index (κ1) is 28.5. The number of esters is 1. The van der Waals surface area contributed by atoms with Crippen LogP contribution in [0.15, 0.2) is 48.8 Å². The van der Waals surface area contributed by atoms with Gasteiger partial charge in [0.25, 0.3) is 0 Å². The Kier molecular flexibility index (Phi) is 8.89. The van der Waals surface area contributed by atoms with Gasteiger partial charge < -0.3 is 24.3 Å². The molecule has 39 heavy (non-hydrogen) atoms. The van der Waals surface area contributed by atoms with Crippen molar-refractivity contribution in [2.24, 2.45) is 5.92 Å². The maximum Gasteiger partial charge on any atom is 0.459 e. The minimum absolute atomic E-state index is 0.0848. The summed E-state index contributed by atoms with van der Waals surface area (Å²) in [5, 5.41) is 2.71. The fourth-order valence-electron chi connectivity index (χ4n) is 4.07. The lowest BCUT2D eigenvalue weighted by Crippen LogP contribution is -2.36. The van der Waals surface area contributed by atoms with Crippen LogP contribution in [0.4, 0.5) is 5.95 Å². The van der Waals surface area contributed by atoms with Crippen LogP contribution >= 0.6 is 7.75 Å². The van der Waals surface area contributed by atoms with E-state index in [2.05, 4.69) is 20.0 Å². The molecule has 1 aliphatic carbocycles. The second-order valence-electron chi connectivity index (χ2n) is 9.86. The molecule has 0 spiro atoms. The molecule has 0 saturated carbocycles. The second-order valence-corrected chi connectivity index (χ2v) is 11.6. The number of ether oxygens (including phenoxy) is 2. The van der Waals surface area contributed by atoms with E-state index in [1.807, 2.05) is 36.6 Å². The van der Waals surface area contributed by atoms with Crippen LogP contribution in [0, 0.1) is 5.92 Å². The van der Waals surface area contributed by atoms with E-state index in [9.17, 15) is 9.36 Å². The number of anilines is 1. The number of nitrogen functional groups attached to an aromatic ring is 1. The summed E-state index contributed by atoms with van der Waals surface area (Å²) in [7, 11) is -3.95. The number of nitrogens with zero attached hydrogens (tertiary/aromatic N) is 4. The van der Waals surface area contributed by atoms with Crippen molar-refractivity contribution < 1.29 is 27.9 Å². The van der Waals surface area contributed by atoms with Crippen LogP contribution in [0.25, 0.3) is 11.2 Å². The van der Waals surface area contributed by atoms with Gasteiger partial charge in [0, 0.05) is 5.92 Å². The Morgan fingerprint density at radius 1 is 1.13 bits per heavy atom. The number of benzene rings is 1. The molecular formula is C26H35N6O6P. The largest absolute Gasteiger partial charge is 0.473 e. The molecule has 0 amide bonds. The number of rotatable bonds is 12. The van der Waals surface area contributed by atoms with Crippen molar-refractivity contribution in [1.29, 1.82) is 0 Å². The van der Waals surface area contributed by atoms with Gasteiger partial charge in [0.15, 0.2) is 11.2 Å². The smallest absolute Gasteiger partial charge is 0.459 e. The average Bonchev–Trinajstić information content (AvgIpc) is 3.49. The Hall–Kier alpha value is -3.47. The molecule has 210 valence electrons. The molecule has 12 nitrogen and oxygen atoms in total. The molecule has 0 saturated heterocycles. The predicted molar refractivity (Wildman–Crippen MR) is 146 cm³/mol. The maximum atomic E-state index is 13.7. The van der Waals surface area contributed by atoms with E-state index in [0.717, 1.165) is 0 Å². The number of para-hydroxylation sites is 1. The fraction of sp³-hybridized carbons (Fsp3) is 0.462. The molecule has 3 aromatic rings. The number of hydrogen-bond acceptors (Lipinski definition) is 10. The third-order valence-corrected chi connectivity index (χ3v) is 7.39. The molecule has 1 aliphatic rings. The number of allylic oxidation sites excluding steroid dienone is 1. The number of carbonyl (C=O) groups is 1. The molecule has 0 unspecified atom stereocenters. The van der Waals surface area contributed by atoms with Crippen molar-refractivity contribution in [2.45, 2.75) is 65.3 Å². The van der Waals surface area contributed by atoms with Crippen LogP contribution in [-0.4, -0.2) is 50.3 Å². The van der Waals surface area contributed by atoms with Crippen LogP contribution < -0.4 is 20.1 Å². The van der Waals surface area contributed by atoms with E-state index in [0.29, 0.717) is 29.2 Å². The van der Waals surface area contributed by atoms with E-state index in [4.69, 9.17) is 24.3 Å². The summed E-state index contributed by atoms with van der Waals surface area (Å²) >= 11 is 0. The highest BCUT2D eigenvalue weighted by Gasteiger charge is 2.34. The van der Waals surface area contributed by atoms with Gasteiger partial charge in [-0.2, -0.15) is 15.1 Å². The van der Waals surface area contributed by atoms with Gasteiger partial charge in [0.1, 0.15) is 11.8 Å². The molecule has 3 N–H and O–H groups in total. The zero-order valence-corrected chi connectivity index (χ0v) is 23.6. The van der Waals surface area contributed by atoms with Crippen LogP contribution in [0.1, 0.15) is 47.1 Å². The van der Waals surface area contributed by atoms with Gasteiger partial charge in [-0.15, -0.1) is 0 Å². The third kappa shape index (κ3) is 7.35. The Labute approximate surface area is 227 Å². The number of nitrogens with one attached hydrogen (secondary N) is 1. The van der Waals surface area contributed by atoms with Gasteiger partial charge in [-0.25, -0.2) is 9.55 Å². The van der Waals surface area contributed by atoms with Crippen molar-refractivity contribution in [2.75, 3.05) is 12.3 Å². The Balaban J connectivity index is 1.46. The minimum atomic E-state index is -3.95. The van der Waals surface area contributed by atoms with Crippen LogP contribution in [-0.2, 0) is 18.6 Å². The lowest BCUT2D eigenvalue weighted by Gasteiger charge is -2.24. The van der Waals surface area contributed by atoms with Gasteiger partial charge in [-0.1, -0.05) is 30.4 Å². The standard InChI is InChI=1S/C26H35N6O6P/c1-16(2)36-24-22-23(29-26(27)30-24)32(15-28-22)20-12-11-19(13-20)14-35-39(34,38-21-9-7-6-8-10-21)31-18(5)25(33)37-17(3)4/h6-12,15-20H,13-14H2,1-5H3,(H,31,34)(H2,27,29,30)/t18-,19+,20-,39-/m0/s1. The Morgan fingerprint density at radius 2 is 1.87 bits per heavy atom. The molecule has 4 atom stereocenters. The lowest BCUT2D eigenvalue weighted by atomic mass is 10.1. The van der Waals surface area contributed by atoms with Crippen molar-refractivity contribution in [3.05, 3.63) is 48.8 Å². The molecule has 0 fully saturated rings. The molecule has 1 aromatic carbocycles. The SMILES string of the molecule is CC(C)OC(=O)[C@H](C)N[P@](=O)(OC[C@@H]1C=C[C@H](n2cnc3c(OC(C)C)nc(N)nc32)C1)Oc1ccccc1. The highest BCUT2D eigenvalue weighted by molar-refractivity contribution is 7.52. The van der Waals surface area contributed by atoms with Gasteiger partial charge in [0.05, 0.1) is 31.2 Å². The van der Waals surface area contributed by atoms with E-state index >= 15 is 0 Å². The summed E-state index contributed by atoms with van der Waals surface area (Å²) in [6.45, 7) is 8.91. The summed E-state index contributed by atoms with van der Waals surface area (Å²) in [5.74, 6) is 0.130. The van der Waals surface area contributed by atoms with Crippen molar-refractivity contribution in [1.82, 2.24) is 24.6 Å². The molecule has 13 heteroatoms. The molecule has 0 aliphatic heterocycles. The van der Waals surface area contributed by atoms with Crippen LogP contribution in [0.2, 0.25) is 0 Å². The summed E-state index contributed by atoms with van der Waals surface area (Å²) in [4.78, 5) is 25.4. The number of carbonyl (C=O) groups excluding carboxylic acids is 1. The Bertz CT molecular complexity index is 1360. The molecule has 0 radical (unpaired) electrons. The van der Waals surface area contributed by atoms with E-state index < -0.39 is 19.8 Å². The average molecular weight is 559 g/mol. The van der Waals surface area contributed by atoms with Crippen LogP contribution in [0.5, 0.6) is 11.6 Å². The zero-order valence-electron chi connectivity index (χ0n) is 22.7. The summed E-state index contributed by atoms with van der Waals surface area (Å²) in [6.07, 6.45) is 5.89. The van der Waals surface area contributed by atoms with Gasteiger partial charge >= 0.3 is 13.7 Å². The number of hydrogen-bond donors (Lipinski definition) is 2. The lowest BCUT2D eigenvalue weighted by molar-refractivity contribution is -0.149. The quantitative estimate of drug-likeness (QED) is 0.184. The van der Waals surface area contributed by atoms with Crippen LogP contribution in [0.3, 0.4) is 0 Å². The minimum Gasteiger partial charge on any atom is -0.473 e. The first-order valence-corrected chi connectivity index (χ1v) is 14.4. The summed E-state index contributed by atoms with van der Waals surface area (Å²) < 4.78 is 38.2. The topological polar surface area (TPSA) is 153 Å². The van der Waals surface area contributed by atoms with Crippen molar-refractivity contribution in [3.63, 3.8) is 0 Å². The molecule has 2 aromatic heterocycles. The number of fused-ring (bicyclic) bond motifs is 1. The number of nitrogens with two attached hydrogens (primary N) is 1. The van der Waals surface area contributed by atoms with Crippen molar-refractivity contribution >= 4 is 30.8 Å². The highest BCUT2D eigenvalue weighted by atomic mass is 31.2. The number of aromatic nitrogens is 4. The summed E-state index contributed by atoms with van der Waals surface area (Å²) in [5.41, 5.74) is 7.02. The third-order valence-electron chi connectivity index (χ3n) is 5.75. The Morgan fingerprint density at radius 3 is 2.56 bits per heavy atom. The molecular weight excluding hydrogens is 523 g/mol. The number of imidazole rings is 1. The fourth-order valence-corrected chi connectivity index (χ4v) is 5.61. The van der Waals surface area contributed by atoms with Gasteiger partial charge in [-0.05, 0) is 53.2 Å². The first-order valence-electron chi connectivity index (χ1n) is 12.9. The van der Waals surface area contributed by atoms with E-state index in [-0.39, 0.29) is 36.7 Å². The monoisotopic (exact) mass is 558 g/mol. The van der Waals surface area contributed by atoms with E-state index in [1.54, 1.807) is 51.4 Å². The molecule has 0 bridgehead atoms. The van der Waals surface area contributed by atoms with Gasteiger partial charge in [0.2, 0.25) is 11.8 Å². The predicted octanol–water partition coefficient (Wildman–Crippen LogP) is 4.45. The first-order chi connectivity index (χ1) is 18.5. The highest BCUT2D eigenvalue weighted by Crippen LogP contribution is 2.46.